The Bertz CT molecular complexity index is 1320. The van der Waals surface area contributed by atoms with E-state index in [2.05, 4.69) is 14.8 Å². The van der Waals surface area contributed by atoms with Gasteiger partial charge in [-0.1, -0.05) is 0 Å². The predicted molar refractivity (Wildman–Crippen MR) is 124 cm³/mol. The smallest absolute Gasteiger partial charge is 0.341 e. The number of hydrogen-bond donors (Lipinski definition) is 1. The van der Waals surface area contributed by atoms with Crippen molar-refractivity contribution in [2.75, 3.05) is 52.4 Å². The summed E-state index contributed by atoms with van der Waals surface area (Å²) in [5.74, 6) is -4.82. The van der Waals surface area contributed by atoms with Crippen molar-refractivity contribution in [3.63, 3.8) is 0 Å². The van der Waals surface area contributed by atoms with Gasteiger partial charge in [0.2, 0.25) is 10.0 Å². The van der Waals surface area contributed by atoms with Gasteiger partial charge in [0.25, 0.3) is 5.91 Å². The lowest BCUT2D eigenvalue weighted by Crippen LogP contribution is -2.40. The van der Waals surface area contributed by atoms with Crippen LogP contribution in [0.25, 0.3) is 0 Å². The highest BCUT2D eigenvalue weighted by Gasteiger charge is 2.28. The van der Waals surface area contributed by atoms with Gasteiger partial charge in [-0.15, -0.1) is 0 Å². The highest BCUT2D eigenvalue weighted by Crippen LogP contribution is 2.22. The van der Waals surface area contributed by atoms with Gasteiger partial charge in [-0.3, -0.25) is 4.79 Å². The van der Waals surface area contributed by atoms with E-state index >= 15 is 0 Å². The Kier molecular flexibility index (Phi) is 8.91. The number of hydrogen-bond acceptors (Lipinski definition) is 10. The lowest BCUT2D eigenvalue weighted by molar-refractivity contribution is -0.119. The second-order valence-corrected chi connectivity index (χ2v) is 9.46. The van der Waals surface area contributed by atoms with Crippen LogP contribution in [0.2, 0.25) is 0 Å². The lowest BCUT2D eigenvalue weighted by Gasteiger charge is -2.26. The minimum atomic E-state index is -4.02. The van der Waals surface area contributed by atoms with Crippen LogP contribution in [-0.2, 0) is 33.8 Å². The average Bonchev–Trinajstić information content (AvgIpc) is 2.91. The van der Waals surface area contributed by atoms with Crippen molar-refractivity contribution in [1.29, 1.82) is 0 Å². The first-order valence-corrected chi connectivity index (χ1v) is 12.2. The Balaban J connectivity index is 1.74. The number of rotatable bonds is 8. The third-order valence-electron chi connectivity index (χ3n) is 5.22. The summed E-state index contributed by atoms with van der Waals surface area (Å²) in [5, 5.41) is 2.31. The Morgan fingerprint density at radius 1 is 0.946 bits per heavy atom. The third kappa shape index (κ3) is 6.47. The largest absolute Gasteiger partial charge is 0.465 e. The molecule has 1 fully saturated rings. The number of nitrogens with one attached hydrogen (secondary N) is 1. The van der Waals surface area contributed by atoms with Gasteiger partial charge in [-0.05, 0) is 36.4 Å². The van der Waals surface area contributed by atoms with Crippen LogP contribution in [0, 0.1) is 5.82 Å². The standard InChI is InChI=1S/C23H23FN2O10S/c1-33-21(28)14-3-5-16(22(29)34-2)19(11-14)25-20(27)13-36-23(30)17-12-15(4-6-18(17)24)37(31,32)26-7-9-35-10-8-26/h3-6,11-12H,7-10,13H2,1-2H3,(H,25,27). The number of carbonyl (C=O) groups is 4. The summed E-state index contributed by atoms with van der Waals surface area (Å²) in [6, 6.07) is 6.34. The molecule has 1 aliphatic heterocycles. The molecule has 0 radical (unpaired) electrons. The van der Waals surface area contributed by atoms with Crippen molar-refractivity contribution in [2.45, 2.75) is 4.90 Å². The quantitative estimate of drug-likeness (QED) is 0.383. The van der Waals surface area contributed by atoms with Gasteiger partial charge in [-0.25, -0.2) is 27.2 Å². The number of amides is 1. The number of anilines is 1. The first-order valence-electron chi connectivity index (χ1n) is 10.7. The van der Waals surface area contributed by atoms with Crippen LogP contribution in [0.4, 0.5) is 10.1 Å². The fraction of sp³-hybridized carbons (Fsp3) is 0.304. The SMILES string of the molecule is COC(=O)c1ccc(C(=O)OC)c(NC(=O)COC(=O)c2cc(S(=O)(=O)N3CCOCC3)ccc2F)c1. The van der Waals surface area contributed by atoms with Crippen LogP contribution in [0.5, 0.6) is 0 Å². The molecular weight excluding hydrogens is 515 g/mol. The van der Waals surface area contributed by atoms with E-state index in [9.17, 15) is 32.0 Å². The van der Waals surface area contributed by atoms with Crippen LogP contribution in [0.1, 0.15) is 31.1 Å². The van der Waals surface area contributed by atoms with E-state index < -0.39 is 51.8 Å². The number of halogens is 1. The van der Waals surface area contributed by atoms with Crippen molar-refractivity contribution in [3.05, 3.63) is 58.9 Å². The second-order valence-electron chi connectivity index (χ2n) is 7.53. The molecule has 0 spiro atoms. The highest BCUT2D eigenvalue weighted by atomic mass is 32.2. The number of benzene rings is 2. The van der Waals surface area contributed by atoms with Crippen LogP contribution < -0.4 is 5.32 Å². The molecule has 2 aromatic carbocycles. The van der Waals surface area contributed by atoms with Crippen LogP contribution in [-0.4, -0.2) is 83.7 Å². The van der Waals surface area contributed by atoms with E-state index in [0.29, 0.717) is 0 Å². The zero-order valence-corrected chi connectivity index (χ0v) is 20.6. The summed E-state index contributed by atoms with van der Waals surface area (Å²) in [5.41, 5.74) is -0.893. The van der Waals surface area contributed by atoms with Crippen molar-refractivity contribution in [1.82, 2.24) is 4.31 Å². The van der Waals surface area contributed by atoms with Crippen molar-refractivity contribution in [3.8, 4) is 0 Å². The zero-order chi connectivity index (χ0) is 27.2. The molecule has 14 heteroatoms. The molecule has 1 N–H and O–H groups in total. The van der Waals surface area contributed by atoms with Gasteiger partial charge in [-0.2, -0.15) is 4.31 Å². The molecule has 3 rings (SSSR count). The number of methoxy groups -OCH3 is 2. The Labute approximate surface area is 211 Å². The molecule has 0 atom stereocenters. The Hall–Kier alpha value is -3.88. The van der Waals surface area contributed by atoms with Crippen molar-refractivity contribution < 1.29 is 50.9 Å². The van der Waals surface area contributed by atoms with E-state index in [1.807, 2.05) is 0 Å². The van der Waals surface area contributed by atoms with Crippen LogP contribution >= 0.6 is 0 Å². The molecule has 0 bridgehead atoms. The number of sulfonamides is 1. The molecule has 0 saturated carbocycles. The van der Waals surface area contributed by atoms with E-state index in [1.165, 1.54) is 12.1 Å². The maximum atomic E-state index is 14.3. The minimum absolute atomic E-state index is 0.0165. The number of nitrogens with zero attached hydrogens (tertiary/aromatic N) is 1. The van der Waals surface area contributed by atoms with Crippen LogP contribution in [0.15, 0.2) is 41.3 Å². The number of ether oxygens (including phenoxy) is 4. The Morgan fingerprint density at radius 3 is 2.27 bits per heavy atom. The second kappa shape index (κ2) is 11.9. The maximum absolute atomic E-state index is 14.3. The average molecular weight is 539 g/mol. The fourth-order valence-corrected chi connectivity index (χ4v) is 4.77. The third-order valence-corrected chi connectivity index (χ3v) is 7.11. The molecule has 198 valence electrons. The van der Waals surface area contributed by atoms with Crippen molar-refractivity contribution in [2.24, 2.45) is 0 Å². The topological polar surface area (TPSA) is 155 Å². The first-order chi connectivity index (χ1) is 17.6. The maximum Gasteiger partial charge on any atom is 0.341 e. The summed E-state index contributed by atoms with van der Waals surface area (Å²) < 4.78 is 60.3. The molecule has 1 heterocycles. The van der Waals surface area contributed by atoms with E-state index in [0.717, 1.165) is 42.8 Å². The van der Waals surface area contributed by atoms with E-state index in [1.54, 1.807) is 0 Å². The highest BCUT2D eigenvalue weighted by molar-refractivity contribution is 7.89. The number of esters is 3. The number of carbonyl (C=O) groups excluding carboxylic acids is 4. The van der Waals surface area contributed by atoms with Gasteiger partial charge < -0.3 is 24.3 Å². The van der Waals surface area contributed by atoms with Gasteiger partial charge in [0.1, 0.15) is 5.82 Å². The minimum Gasteiger partial charge on any atom is -0.465 e. The summed E-state index contributed by atoms with van der Waals surface area (Å²) in [4.78, 5) is 48.4. The summed E-state index contributed by atoms with van der Waals surface area (Å²) >= 11 is 0. The molecule has 0 aliphatic carbocycles. The molecule has 12 nitrogen and oxygen atoms in total. The first kappa shape index (κ1) is 27.7. The monoisotopic (exact) mass is 538 g/mol. The van der Waals surface area contributed by atoms with Gasteiger partial charge in [0.05, 0.1) is 54.7 Å². The molecule has 0 aromatic heterocycles. The lowest BCUT2D eigenvalue weighted by atomic mass is 10.1. The molecule has 37 heavy (non-hydrogen) atoms. The molecule has 2 aromatic rings. The molecule has 0 unspecified atom stereocenters. The van der Waals surface area contributed by atoms with Gasteiger partial charge >= 0.3 is 17.9 Å². The summed E-state index contributed by atoms with van der Waals surface area (Å²) in [7, 11) is -1.75. The predicted octanol–water partition coefficient (Wildman–Crippen LogP) is 1.22. The number of morpholine rings is 1. The normalized spacial score (nSPS) is 13.9. The fourth-order valence-electron chi connectivity index (χ4n) is 3.33. The summed E-state index contributed by atoms with van der Waals surface area (Å²) in [6.07, 6.45) is 0. The van der Waals surface area contributed by atoms with Gasteiger partial charge in [0, 0.05) is 13.1 Å². The Morgan fingerprint density at radius 2 is 1.62 bits per heavy atom. The molecule has 1 amide bonds. The van der Waals surface area contributed by atoms with E-state index in [-0.39, 0.29) is 48.0 Å². The molecular formula is C23H23FN2O10S. The molecule has 1 saturated heterocycles. The van der Waals surface area contributed by atoms with Crippen LogP contribution in [0.3, 0.4) is 0 Å². The van der Waals surface area contributed by atoms with Crippen molar-refractivity contribution >= 4 is 39.5 Å². The van der Waals surface area contributed by atoms with Gasteiger partial charge in [0.15, 0.2) is 6.61 Å². The summed E-state index contributed by atoms with van der Waals surface area (Å²) in [6.45, 7) is -0.314. The molecule has 1 aliphatic rings. The zero-order valence-electron chi connectivity index (χ0n) is 19.8. The van der Waals surface area contributed by atoms with E-state index in [4.69, 9.17) is 9.47 Å².